The molecule has 0 saturated carbocycles. The van der Waals surface area contributed by atoms with Crippen LogP contribution in [0.15, 0.2) is 57.9 Å². The summed E-state index contributed by atoms with van der Waals surface area (Å²) in [4.78, 5) is 26.6. The van der Waals surface area contributed by atoms with Gasteiger partial charge in [0.1, 0.15) is 15.6 Å². The molecule has 1 fully saturated rings. The minimum absolute atomic E-state index is 0.143. The van der Waals surface area contributed by atoms with Gasteiger partial charge >= 0.3 is 5.97 Å². The van der Waals surface area contributed by atoms with E-state index in [4.69, 9.17) is 12.2 Å². The van der Waals surface area contributed by atoms with Gasteiger partial charge in [-0.1, -0.05) is 52.0 Å². The summed E-state index contributed by atoms with van der Waals surface area (Å²) < 4.78 is 3.36. The predicted octanol–water partition coefficient (Wildman–Crippen LogP) is 5.66. The number of aryl methyl sites for hydroxylation is 1. The maximum absolute atomic E-state index is 13.1. The molecule has 3 aromatic rings. The molecule has 33 heavy (non-hydrogen) atoms. The predicted molar refractivity (Wildman–Crippen MR) is 137 cm³/mol. The number of nitrogens with zero attached hydrogens (tertiary/aromatic N) is 2. The third kappa shape index (κ3) is 4.62. The highest BCUT2D eigenvalue weighted by atomic mass is 79.9. The van der Waals surface area contributed by atoms with Crippen molar-refractivity contribution in [1.82, 2.24) is 9.47 Å². The first-order valence-corrected chi connectivity index (χ1v) is 11.9. The number of phenols is 1. The van der Waals surface area contributed by atoms with E-state index >= 15 is 0 Å². The molecule has 9 heteroatoms. The second kappa shape index (κ2) is 9.17. The van der Waals surface area contributed by atoms with Crippen LogP contribution in [-0.4, -0.2) is 35.9 Å². The Kier molecular flexibility index (Phi) is 6.47. The molecule has 6 nitrogen and oxygen atoms in total. The summed E-state index contributed by atoms with van der Waals surface area (Å²) >= 11 is 10.1. The molecule has 0 spiro atoms. The molecule has 0 bridgehead atoms. The number of aromatic hydroxyl groups is 1. The quantitative estimate of drug-likeness (QED) is 0.319. The fourth-order valence-electron chi connectivity index (χ4n) is 3.72. The SMILES string of the molecule is Cc1cc(/C=C2\SC(=S)N(Cc3ccc(Br)cc3)C2=O)c(C)n1-c1ccc(O)c(C(=O)O)c1. The Bertz CT molecular complexity index is 1330. The third-order valence-corrected chi connectivity index (χ3v) is 7.26. The Hall–Kier alpha value is -2.88. The number of hydrogen-bond donors (Lipinski definition) is 2. The highest BCUT2D eigenvalue weighted by molar-refractivity contribution is 9.10. The summed E-state index contributed by atoms with van der Waals surface area (Å²) in [7, 11) is 0. The minimum Gasteiger partial charge on any atom is -0.507 e. The van der Waals surface area contributed by atoms with Crippen molar-refractivity contribution >= 4 is 62.2 Å². The monoisotopic (exact) mass is 542 g/mol. The molecule has 2 N–H and O–H groups in total. The highest BCUT2D eigenvalue weighted by Crippen LogP contribution is 2.35. The summed E-state index contributed by atoms with van der Waals surface area (Å²) in [5.41, 5.74) is 3.97. The van der Waals surface area contributed by atoms with E-state index in [-0.39, 0.29) is 17.2 Å². The average molecular weight is 543 g/mol. The van der Waals surface area contributed by atoms with Crippen molar-refractivity contribution in [2.45, 2.75) is 20.4 Å². The number of thioether (sulfide) groups is 1. The largest absolute Gasteiger partial charge is 0.507 e. The lowest BCUT2D eigenvalue weighted by Crippen LogP contribution is -2.27. The van der Waals surface area contributed by atoms with Gasteiger partial charge in [-0.05, 0) is 67.4 Å². The number of aromatic carboxylic acids is 1. The molecule has 2 heterocycles. The van der Waals surface area contributed by atoms with Crippen molar-refractivity contribution < 1.29 is 19.8 Å². The van der Waals surface area contributed by atoms with Gasteiger partial charge in [0.25, 0.3) is 5.91 Å². The first kappa shape index (κ1) is 23.3. The van der Waals surface area contributed by atoms with Crippen LogP contribution in [-0.2, 0) is 11.3 Å². The zero-order chi connectivity index (χ0) is 23.9. The van der Waals surface area contributed by atoms with Crippen LogP contribution in [0, 0.1) is 13.8 Å². The molecule has 1 aliphatic heterocycles. The van der Waals surface area contributed by atoms with Crippen molar-refractivity contribution in [3.05, 3.63) is 86.0 Å². The summed E-state index contributed by atoms with van der Waals surface area (Å²) in [5, 5.41) is 19.2. The zero-order valence-electron chi connectivity index (χ0n) is 17.7. The topological polar surface area (TPSA) is 82.8 Å². The third-order valence-electron chi connectivity index (χ3n) is 5.35. The van der Waals surface area contributed by atoms with Gasteiger partial charge in [-0.2, -0.15) is 0 Å². The second-order valence-corrected chi connectivity index (χ2v) is 10.2. The van der Waals surface area contributed by atoms with E-state index in [1.807, 2.05) is 54.8 Å². The van der Waals surface area contributed by atoms with E-state index in [0.29, 0.717) is 21.5 Å². The average Bonchev–Trinajstić information content (AvgIpc) is 3.19. The van der Waals surface area contributed by atoms with Gasteiger partial charge in [-0.3, -0.25) is 9.69 Å². The molecule has 1 aliphatic rings. The lowest BCUT2D eigenvalue weighted by Gasteiger charge is -2.14. The van der Waals surface area contributed by atoms with Crippen LogP contribution >= 0.6 is 39.9 Å². The maximum Gasteiger partial charge on any atom is 0.339 e. The smallest absolute Gasteiger partial charge is 0.339 e. The van der Waals surface area contributed by atoms with Gasteiger partial charge < -0.3 is 14.8 Å². The molecule has 0 radical (unpaired) electrons. The number of hydrogen-bond acceptors (Lipinski definition) is 5. The zero-order valence-corrected chi connectivity index (χ0v) is 20.9. The van der Waals surface area contributed by atoms with Gasteiger partial charge in [-0.15, -0.1) is 0 Å². The molecule has 1 amide bonds. The molecular weight excluding hydrogens is 524 g/mol. The Morgan fingerprint density at radius 2 is 1.85 bits per heavy atom. The van der Waals surface area contributed by atoms with Crippen molar-refractivity contribution in [2.75, 3.05) is 0 Å². The first-order valence-electron chi connectivity index (χ1n) is 9.91. The molecule has 1 aromatic heterocycles. The summed E-state index contributed by atoms with van der Waals surface area (Å²) in [5.74, 6) is -1.63. The van der Waals surface area contributed by atoms with Crippen molar-refractivity contribution in [1.29, 1.82) is 0 Å². The van der Waals surface area contributed by atoms with Crippen LogP contribution in [0.25, 0.3) is 11.8 Å². The molecular formula is C24H19BrN2O4S2. The number of carbonyl (C=O) groups is 2. The lowest BCUT2D eigenvalue weighted by atomic mass is 10.1. The summed E-state index contributed by atoms with van der Waals surface area (Å²) in [6.45, 7) is 4.20. The Balaban J connectivity index is 1.64. The maximum atomic E-state index is 13.1. The Labute approximate surface area is 208 Å². The fraction of sp³-hybridized carbons (Fsp3) is 0.125. The van der Waals surface area contributed by atoms with Crippen molar-refractivity contribution in [3.63, 3.8) is 0 Å². The Morgan fingerprint density at radius 1 is 1.15 bits per heavy atom. The lowest BCUT2D eigenvalue weighted by molar-refractivity contribution is -0.122. The van der Waals surface area contributed by atoms with Crippen LogP contribution in [0.5, 0.6) is 5.75 Å². The number of halogens is 1. The summed E-state index contributed by atoms with van der Waals surface area (Å²) in [6, 6.07) is 14.1. The van der Waals surface area contributed by atoms with Crippen LogP contribution in [0.4, 0.5) is 0 Å². The van der Waals surface area contributed by atoms with Gasteiger partial charge in [0.05, 0.1) is 11.4 Å². The summed E-state index contributed by atoms with van der Waals surface area (Å²) in [6.07, 6.45) is 1.82. The molecule has 4 rings (SSSR count). The molecule has 0 aliphatic carbocycles. The van der Waals surface area contributed by atoms with Crippen LogP contribution < -0.4 is 0 Å². The van der Waals surface area contributed by atoms with Crippen LogP contribution in [0.1, 0.15) is 32.9 Å². The normalized spacial score (nSPS) is 15.0. The number of carboxylic acid groups (broad SMARTS) is 1. The van der Waals surface area contributed by atoms with E-state index in [2.05, 4.69) is 15.9 Å². The van der Waals surface area contributed by atoms with Gasteiger partial charge in [0.15, 0.2) is 0 Å². The number of rotatable bonds is 5. The van der Waals surface area contributed by atoms with Gasteiger partial charge in [-0.25, -0.2) is 4.79 Å². The highest BCUT2D eigenvalue weighted by Gasteiger charge is 2.32. The number of amides is 1. The first-order chi connectivity index (χ1) is 15.7. The number of carboxylic acids is 1. The van der Waals surface area contributed by atoms with Gasteiger partial charge in [0.2, 0.25) is 0 Å². The second-order valence-electron chi connectivity index (χ2n) is 7.56. The standard InChI is InChI=1S/C24H19BrN2O4S2/c1-13-9-16(14(2)27(13)18-7-8-20(28)19(11-18)23(30)31)10-21-22(29)26(24(32)33-21)12-15-3-5-17(25)6-4-15/h3-11,28H,12H2,1-2H3,(H,30,31)/b21-10-. The number of thiocarbonyl (C=S) groups is 1. The van der Waals surface area contributed by atoms with E-state index in [0.717, 1.165) is 27.0 Å². The number of benzene rings is 2. The van der Waals surface area contributed by atoms with Crippen molar-refractivity contribution in [3.8, 4) is 11.4 Å². The van der Waals surface area contributed by atoms with E-state index in [1.54, 1.807) is 11.0 Å². The minimum atomic E-state index is -1.20. The molecule has 2 aromatic carbocycles. The molecule has 168 valence electrons. The van der Waals surface area contributed by atoms with Crippen LogP contribution in [0.2, 0.25) is 0 Å². The van der Waals surface area contributed by atoms with Crippen molar-refractivity contribution in [2.24, 2.45) is 0 Å². The van der Waals surface area contributed by atoms with E-state index in [1.165, 1.54) is 23.9 Å². The number of carbonyl (C=O) groups excluding carboxylic acids is 1. The van der Waals surface area contributed by atoms with Crippen LogP contribution in [0.3, 0.4) is 0 Å². The molecule has 0 atom stereocenters. The van der Waals surface area contributed by atoms with E-state index in [9.17, 15) is 19.8 Å². The molecule has 1 saturated heterocycles. The number of aromatic nitrogens is 1. The fourth-order valence-corrected chi connectivity index (χ4v) is 5.23. The Morgan fingerprint density at radius 3 is 2.52 bits per heavy atom. The van der Waals surface area contributed by atoms with E-state index < -0.39 is 5.97 Å². The van der Waals surface area contributed by atoms with Gasteiger partial charge in [0, 0.05) is 21.5 Å². The molecule has 0 unspecified atom stereocenters.